The second kappa shape index (κ2) is 10.4. The van der Waals surface area contributed by atoms with Gasteiger partial charge in [0.1, 0.15) is 0 Å². The number of benzene rings is 1. The highest BCUT2D eigenvalue weighted by molar-refractivity contribution is 7.99. The second-order valence-electron chi connectivity index (χ2n) is 6.46. The minimum atomic E-state index is -3.43. The minimum absolute atomic E-state index is 0.143. The molecule has 0 aliphatic heterocycles. The molecule has 0 unspecified atom stereocenters. The van der Waals surface area contributed by atoms with Crippen LogP contribution in [0.5, 0.6) is 0 Å². The van der Waals surface area contributed by atoms with Crippen molar-refractivity contribution in [2.75, 3.05) is 17.6 Å². The summed E-state index contributed by atoms with van der Waals surface area (Å²) >= 11 is 1.28. The van der Waals surface area contributed by atoms with E-state index in [9.17, 15) is 13.2 Å². The van der Waals surface area contributed by atoms with E-state index in [1.807, 2.05) is 17.6 Å². The maximum atomic E-state index is 12.3. The maximum absolute atomic E-state index is 12.3. The molecule has 3 rings (SSSR count). The van der Waals surface area contributed by atoms with Crippen LogP contribution in [0.4, 0.5) is 5.69 Å². The highest BCUT2D eigenvalue weighted by Gasteiger charge is 2.16. The van der Waals surface area contributed by atoms with Crippen LogP contribution in [0.2, 0.25) is 0 Å². The molecule has 0 aliphatic rings. The molecule has 11 heteroatoms. The molecule has 0 saturated carbocycles. The number of hydrogen-bond acceptors (Lipinski definition) is 7. The van der Waals surface area contributed by atoms with Crippen molar-refractivity contribution < 1.29 is 17.6 Å². The molecule has 0 aliphatic carbocycles. The van der Waals surface area contributed by atoms with Gasteiger partial charge >= 0.3 is 0 Å². The van der Waals surface area contributed by atoms with Gasteiger partial charge in [-0.25, -0.2) is 13.1 Å². The fourth-order valence-corrected chi connectivity index (χ4v) is 4.64. The Morgan fingerprint density at radius 1 is 1.26 bits per heavy atom. The molecule has 1 amide bonds. The Kier molecular flexibility index (Phi) is 7.66. The normalized spacial score (nSPS) is 11.4. The number of anilines is 1. The molecule has 0 bridgehead atoms. The Morgan fingerprint density at radius 2 is 2.03 bits per heavy atom. The molecule has 2 heterocycles. The standard InChI is InChI=1S/C20H23N5O4S2/c1-3-11-21-31(27,28)14-15-7-9-16(10-8-15)22-18(26)13-30-20-24-23-19(25(20)4-2)17-6-5-12-29-17/h3,5-10,12,21H,1,4,11,13-14H2,2H3,(H,22,26). The Balaban J connectivity index is 1.55. The van der Waals surface area contributed by atoms with Gasteiger partial charge in [-0.1, -0.05) is 30.0 Å². The molecular weight excluding hydrogens is 438 g/mol. The van der Waals surface area contributed by atoms with E-state index in [4.69, 9.17) is 4.42 Å². The van der Waals surface area contributed by atoms with Gasteiger partial charge < -0.3 is 9.73 Å². The van der Waals surface area contributed by atoms with Crippen molar-refractivity contribution in [2.24, 2.45) is 0 Å². The van der Waals surface area contributed by atoms with Crippen LogP contribution < -0.4 is 10.0 Å². The number of rotatable bonds is 11. The van der Waals surface area contributed by atoms with E-state index >= 15 is 0 Å². The molecule has 2 N–H and O–H groups in total. The van der Waals surface area contributed by atoms with Gasteiger partial charge in [0.15, 0.2) is 16.7 Å². The van der Waals surface area contributed by atoms with Crippen LogP contribution in [0.15, 0.2) is 64.9 Å². The number of sulfonamides is 1. The van der Waals surface area contributed by atoms with E-state index < -0.39 is 10.0 Å². The topological polar surface area (TPSA) is 119 Å². The number of nitrogens with zero attached hydrogens (tertiary/aromatic N) is 3. The van der Waals surface area contributed by atoms with E-state index in [1.165, 1.54) is 17.8 Å². The predicted molar refractivity (Wildman–Crippen MR) is 120 cm³/mol. The fraction of sp³-hybridized carbons (Fsp3) is 0.250. The fourth-order valence-electron chi connectivity index (χ4n) is 2.74. The summed E-state index contributed by atoms with van der Waals surface area (Å²) in [5.74, 6) is 1.03. The molecule has 0 saturated heterocycles. The first-order valence-corrected chi connectivity index (χ1v) is 12.1. The summed E-state index contributed by atoms with van der Waals surface area (Å²) in [5.41, 5.74) is 1.20. The summed E-state index contributed by atoms with van der Waals surface area (Å²) in [4.78, 5) is 12.3. The Labute approximate surface area is 185 Å². The zero-order valence-electron chi connectivity index (χ0n) is 16.9. The van der Waals surface area contributed by atoms with Crippen LogP contribution in [0.1, 0.15) is 12.5 Å². The summed E-state index contributed by atoms with van der Waals surface area (Å²) in [6.45, 7) is 6.27. The summed E-state index contributed by atoms with van der Waals surface area (Å²) in [5, 5.41) is 11.7. The lowest BCUT2D eigenvalue weighted by Crippen LogP contribution is -2.25. The van der Waals surface area contributed by atoms with E-state index in [-0.39, 0.29) is 24.0 Å². The maximum Gasteiger partial charge on any atom is 0.234 e. The van der Waals surface area contributed by atoms with Gasteiger partial charge in [0.05, 0.1) is 17.8 Å². The lowest BCUT2D eigenvalue weighted by molar-refractivity contribution is -0.113. The van der Waals surface area contributed by atoms with Gasteiger partial charge in [0.25, 0.3) is 0 Å². The third-order valence-electron chi connectivity index (χ3n) is 4.15. The van der Waals surface area contributed by atoms with Gasteiger partial charge in [-0.05, 0) is 36.8 Å². The molecule has 0 radical (unpaired) electrons. The summed E-state index contributed by atoms with van der Waals surface area (Å²) in [7, 11) is -3.43. The lowest BCUT2D eigenvalue weighted by Gasteiger charge is -2.08. The molecule has 2 aromatic heterocycles. The SMILES string of the molecule is C=CCNS(=O)(=O)Cc1ccc(NC(=O)CSc2nnc(-c3ccco3)n2CC)cc1. The van der Waals surface area contributed by atoms with Gasteiger partial charge in [0, 0.05) is 18.8 Å². The Morgan fingerprint density at radius 3 is 2.68 bits per heavy atom. The van der Waals surface area contributed by atoms with Crippen LogP contribution in [0, 0.1) is 0 Å². The zero-order chi connectivity index (χ0) is 22.3. The highest BCUT2D eigenvalue weighted by atomic mass is 32.2. The minimum Gasteiger partial charge on any atom is -0.461 e. The summed E-state index contributed by atoms with van der Waals surface area (Å²) in [6.07, 6.45) is 3.05. The van der Waals surface area contributed by atoms with Crippen molar-refractivity contribution >= 4 is 33.4 Å². The highest BCUT2D eigenvalue weighted by Crippen LogP contribution is 2.24. The molecule has 0 spiro atoms. The third kappa shape index (κ3) is 6.29. The molecule has 164 valence electrons. The summed E-state index contributed by atoms with van der Waals surface area (Å²) < 4.78 is 33.5. The average molecular weight is 462 g/mol. The van der Waals surface area contributed by atoms with E-state index in [0.29, 0.717) is 34.5 Å². The van der Waals surface area contributed by atoms with Gasteiger partial charge in [-0.3, -0.25) is 9.36 Å². The van der Waals surface area contributed by atoms with Gasteiger partial charge in [-0.2, -0.15) is 0 Å². The van der Waals surface area contributed by atoms with Crippen molar-refractivity contribution in [3.63, 3.8) is 0 Å². The molecule has 3 aromatic rings. The third-order valence-corrected chi connectivity index (χ3v) is 6.44. The molecular formula is C20H23N5O4S2. The van der Waals surface area contributed by atoms with Gasteiger partial charge in [0.2, 0.25) is 15.9 Å². The van der Waals surface area contributed by atoms with Crippen molar-refractivity contribution in [1.82, 2.24) is 19.5 Å². The summed E-state index contributed by atoms with van der Waals surface area (Å²) in [6, 6.07) is 10.3. The van der Waals surface area contributed by atoms with E-state index in [0.717, 1.165) is 0 Å². The van der Waals surface area contributed by atoms with Crippen molar-refractivity contribution in [2.45, 2.75) is 24.4 Å². The smallest absolute Gasteiger partial charge is 0.234 e. The number of carbonyl (C=O) groups excluding carboxylic acids is 1. The first-order valence-electron chi connectivity index (χ1n) is 9.48. The number of carbonyl (C=O) groups is 1. The number of hydrogen-bond donors (Lipinski definition) is 2. The first kappa shape index (κ1) is 22.8. The number of amides is 1. The number of aromatic nitrogens is 3. The van der Waals surface area contributed by atoms with E-state index in [2.05, 4.69) is 26.8 Å². The molecule has 31 heavy (non-hydrogen) atoms. The van der Waals surface area contributed by atoms with Crippen LogP contribution in [-0.2, 0) is 27.1 Å². The first-order chi connectivity index (χ1) is 14.9. The van der Waals surface area contributed by atoms with Crippen LogP contribution in [0.25, 0.3) is 11.6 Å². The van der Waals surface area contributed by atoms with E-state index in [1.54, 1.807) is 36.6 Å². The number of furan rings is 1. The van der Waals surface area contributed by atoms with Gasteiger partial charge in [-0.15, -0.1) is 16.8 Å². The number of thioether (sulfide) groups is 1. The van der Waals surface area contributed by atoms with Crippen molar-refractivity contribution in [1.29, 1.82) is 0 Å². The lowest BCUT2D eigenvalue weighted by atomic mass is 10.2. The predicted octanol–water partition coefficient (Wildman–Crippen LogP) is 2.89. The average Bonchev–Trinajstić information content (AvgIpc) is 3.41. The monoisotopic (exact) mass is 461 g/mol. The van der Waals surface area contributed by atoms with Crippen LogP contribution in [0.3, 0.4) is 0 Å². The molecule has 9 nitrogen and oxygen atoms in total. The Hall–Kier alpha value is -2.89. The van der Waals surface area contributed by atoms with Crippen molar-refractivity contribution in [3.05, 3.63) is 60.9 Å². The zero-order valence-corrected chi connectivity index (χ0v) is 18.6. The van der Waals surface area contributed by atoms with Crippen LogP contribution in [-0.4, -0.2) is 41.4 Å². The largest absolute Gasteiger partial charge is 0.461 e. The Bertz CT molecular complexity index is 1120. The number of nitrogens with one attached hydrogen (secondary N) is 2. The quantitative estimate of drug-likeness (QED) is 0.333. The molecule has 0 atom stereocenters. The second-order valence-corrected chi connectivity index (χ2v) is 9.21. The molecule has 1 aromatic carbocycles. The van der Waals surface area contributed by atoms with Crippen molar-refractivity contribution in [3.8, 4) is 11.6 Å². The molecule has 0 fully saturated rings. The van der Waals surface area contributed by atoms with Crippen LogP contribution >= 0.6 is 11.8 Å².